The summed E-state index contributed by atoms with van der Waals surface area (Å²) in [5.41, 5.74) is 3.01. The molecule has 4 N–H and O–H groups in total. The molecule has 6 rings (SSSR count). The minimum absolute atomic E-state index is 0.133. The lowest BCUT2D eigenvalue weighted by Crippen LogP contribution is -2.65. The highest BCUT2D eigenvalue weighted by molar-refractivity contribution is 6.07. The lowest BCUT2D eigenvalue weighted by Gasteiger charge is -2.58. The van der Waals surface area contributed by atoms with Crippen LogP contribution >= 0.6 is 0 Å². The fraction of sp³-hybridized carbons (Fsp3) is 0.750. The summed E-state index contributed by atoms with van der Waals surface area (Å²) in [6.45, 7) is 4.07. The fourth-order valence-electron chi connectivity index (χ4n) is 8.26. The highest BCUT2D eigenvalue weighted by atomic mass is 16.5. The molecular formula is C28H40N6O6. The van der Waals surface area contributed by atoms with Crippen LogP contribution in [0.2, 0.25) is 0 Å². The number of rotatable bonds is 6. The normalized spacial score (nSPS) is 31.7. The van der Waals surface area contributed by atoms with Crippen molar-refractivity contribution in [2.45, 2.75) is 89.3 Å². The summed E-state index contributed by atoms with van der Waals surface area (Å²) in [4.78, 5) is 56.3. The number of hydrogen-bond donors (Lipinski definition) is 3. The van der Waals surface area contributed by atoms with E-state index in [2.05, 4.69) is 6.92 Å². The van der Waals surface area contributed by atoms with Crippen molar-refractivity contribution in [3.8, 4) is 5.88 Å². The highest BCUT2D eigenvalue weighted by Gasteiger charge is 2.68. The number of amidine groups is 1. The molecule has 12 heteroatoms. The molecule has 5 fully saturated rings. The van der Waals surface area contributed by atoms with Gasteiger partial charge in [-0.2, -0.15) is 0 Å². The van der Waals surface area contributed by atoms with Crippen LogP contribution in [-0.4, -0.2) is 74.2 Å². The number of nitrogens with zero attached hydrogens (tertiary/aromatic N) is 4. The molecule has 2 spiro atoms. The Bertz CT molecular complexity index is 1370. The van der Waals surface area contributed by atoms with Crippen molar-refractivity contribution in [1.29, 1.82) is 5.41 Å². The maximum Gasteiger partial charge on any atom is 0.334 e. The molecule has 12 nitrogen and oxygen atoms in total. The van der Waals surface area contributed by atoms with Gasteiger partial charge in [0.15, 0.2) is 0 Å². The van der Waals surface area contributed by atoms with Crippen LogP contribution in [0.15, 0.2) is 9.59 Å². The highest BCUT2D eigenvalue weighted by Crippen LogP contribution is 2.62. The Labute approximate surface area is 232 Å². The number of nitrogens with one attached hydrogen (secondary N) is 1. The lowest BCUT2D eigenvalue weighted by atomic mass is 9.51. The average molecular weight is 557 g/mol. The number of likely N-dealkylation sites (N-methyl/N-ethyl adjacent to an activating group) is 1. The fourth-order valence-corrected chi connectivity index (χ4v) is 8.26. The summed E-state index contributed by atoms with van der Waals surface area (Å²) >= 11 is 0. The van der Waals surface area contributed by atoms with Crippen LogP contribution in [0.4, 0.5) is 4.79 Å². The maximum atomic E-state index is 13.7. The van der Waals surface area contributed by atoms with Gasteiger partial charge < -0.3 is 20.5 Å². The van der Waals surface area contributed by atoms with E-state index in [1.165, 1.54) is 14.0 Å². The van der Waals surface area contributed by atoms with Crippen molar-refractivity contribution in [2.75, 3.05) is 26.8 Å². The molecular weight excluding hydrogens is 516 g/mol. The van der Waals surface area contributed by atoms with E-state index < -0.39 is 34.5 Å². The molecule has 3 heterocycles. The minimum Gasteiger partial charge on any atom is -0.494 e. The Kier molecular flexibility index (Phi) is 6.21. The molecule has 5 aliphatic rings. The second-order valence-electron chi connectivity index (χ2n) is 13.5. The van der Waals surface area contributed by atoms with E-state index in [1.807, 2.05) is 0 Å². The Morgan fingerprint density at radius 2 is 1.70 bits per heavy atom. The monoisotopic (exact) mass is 556 g/mol. The average Bonchev–Trinajstić information content (AvgIpc) is 3.36. The molecule has 0 unspecified atom stereocenters. The van der Waals surface area contributed by atoms with E-state index in [0.717, 1.165) is 25.7 Å². The number of carbonyl (C=O) groups is 2. The smallest absolute Gasteiger partial charge is 0.334 e. The van der Waals surface area contributed by atoms with E-state index in [4.69, 9.17) is 15.9 Å². The zero-order valence-electron chi connectivity index (χ0n) is 23.4. The summed E-state index contributed by atoms with van der Waals surface area (Å²) in [6.07, 6.45) is 7.64. The van der Waals surface area contributed by atoms with Crippen molar-refractivity contribution in [3.05, 3.63) is 26.4 Å². The third-order valence-corrected chi connectivity index (χ3v) is 10.6. The molecule has 2 aliphatic heterocycles. The van der Waals surface area contributed by atoms with Gasteiger partial charge in [-0.05, 0) is 62.2 Å². The van der Waals surface area contributed by atoms with Crippen LogP contribution < -0.4 is 17.0 Å². The third kappa shape index (κ3) is 3.93. The van der Waals surface area contributed by atoms with Gasteiger partial charge in [0.1, 0.15) is 16.9 Å². The lowest BCUT2D eigenvalue weighted by molar-refractivity contribution is -0.152. The van der Waals surface area contributed by atoms with Crippen LogP contribution in [0.25, 0.3) is 0 Å². The predicted octanol–water partition coefficient (Wildman–Crippen LogP) is 1.75. The van der Waals surface area contributed by atoms with E-state index in [-0.39, 0.29) is 40.8 Å². The molecule has 3 saturated carbocycles. The molecule has 1 aromatic rings. The van der Waals surface area contributed by atoms with Gasteiger partial charge in [-0.3, -0.25) is 29.0 Å². The first-order valence-corrected chi connectivity index (χ1v) is 14.5. The predicted molar refractivity (Wildman–Crippen MR) is 145 cm³/mol. The van der Waals surface area contributed by atoms with Crippen molar-refractivity contribution in [2.24, 2.45) is 22.5 Å². The molecule has 3 aliphatic carbocycles. The molecule has 40 heavy (non-hydrogen) atoms. The summed E-state index contributed by atoms with van der Waals surface area (Å²) < 4.78 is 7.74. The number of nitrogens with two attached hydrogens (primary N) is 1. The molecule has 218 valence electrons. The summed E-state index contributed by atoms with van der Waals surface area (Å²) in [7, 11) is 1.55. The summed E-state index contributed by atoms with van der Waals surface area (Å²) in [6, 6.07) is -0.639. The standard InChI is InChI=1S/C28H40N6O6/c1-26(7-3-4-8-26)16-32-21(35)19(20(29)30)22(36)34(25(32)39)18-5-9-27(10-6-18)14-28(15-27)23(37)31(2)24(38)33(28)11-17-12-40-13-17/h17-18,35H,3-16H2,1-2H3,(H3,29,30). The second kappa shape index (κ2) is 9.19. The number of hydrogen-bond acceptors (Lipinski definition) is 7. The quantitative estimate of drug-likeness (QED) is 0.273. The van der Waals surface area contributed by atoms with Gasteiger partial charge in [-0.25, -0.2) is 9.59 Å². The second-order valence-corrected chi connectivity index (χ2v) is 13.5. The largest absolute Gasteiger partial charge is 0.494 e. The zero-order chi connectivity index (χ0) is 28.6. The first-order valence-electron chi connectivity index (χ1n) is 14.5. The molecule has 2 saturated heterocycles. The van der Waals surface area contributed by atoms with E-state index >= 15 is 0 Å². The van der Waals surface area contributed by atoms with Crippen molar-refractivity contribution in [3.63, 3.8) is 0 Å². The Morgan fingerprint density at radius 3 is 2.25 bits per heavy atom. The van der Waals surface area contributed by atoms with E-state index in [1.54, 1.807) is 11.9 Å². The van der Waals surface area contributed by atoms with Crippen LogP contribution in [0.5, 0.6) is 5.88 Å². The molecule has 1 aromatic heterocycles. The number of nitrogen functional groups attached to an aromatic ring is 1. The van der Waals surface area contributed by atoms with Gasteiger partial charge in [0, 0.05) is 32.1 Å². The van der Waals surface area contributed by atoms with Crippen molar-refractivity contribution in [1.82, 2.24) is 18.9 Å². The van der Waals surface area contributed by atoms with Crippen LogP contribution in [0.3, 0.4) is 0 Å². The molecule has 0 bridgehead atoms. The summed E-state index contributed by atoms with van der Waals surface area (Å²) in [5, 5.41) is 18.9. The summed E-state index contributed by atoms with van der Waals surface area (Å²) in [5.74, 6) is -0.974. The van der Waals surface area contributed by atoms with Gasteiger partial charge in [-0.1, -0.05) is 19.8 Å². The SMILES string of the molecule is CN1C(=O)N(CC2COC2)C2(CC3(CCC(n4c(=O)c(C(=N)N)c(O)n(CC5(C)CCCC5)c4=O)CC3)C2)C1=O. The molecule has 0 radical (unpaired) electrons. The Hall–Kier alpha value is -3.15. The van der Waals surface area contributed by atoms with Gasteiger partial charge in [0.2, 0.25) is 5.88 Å². The van der Waals surface area contributed by atoms with E-state index in [0.29, 0.717) is 58.3 Å². The van der Waals surface area contributed by atoms with Crippen LogP contribution in [0.1, 0.15) is 82.7 Å². The molecule has 3 amide bonds. The van der Waals surface area contributed by atoms with Gasteiger partial charge >= 0.3 is 11.7 Å². The molecule has 0 aromatic carbocycles. The number of amides is 3. The van der Waals surface area contributed by atoms with Gasteiger partial charge in [-0.15, -0.1) is 0 Å². The number of ether oxygens (including phenoxy) is 1. The number of aromatic nitrogens is 2. The molecule has 0 atom stereocenters. The number of aromatic hydroxyl groups is 1. The van der Waals surface area contributed by atoms with Crippen LogP contribution in [-0.2, 0) is 16.1 Å². The van der Waals surface area contributed by atoms with Gasteiger partial charge in [0.25, 0.3) is 11.5 Å². The minimum atomic E-state index is -0.811. The Morgan fingerprint density at radius 1 is 1.07 bits per heavy atom. The van der Waals surface area contributed by atoms with Crippen molar-refractivity contribution < 1.29 is 19.4 Å². The van der Waals surface area contributed by atoms with E-state index in [9.17, 15) is 24.3 Å². The van der Waals surface area contributed by atoms with Crippen molar-refractivity contribution >= 4 is 17.8 Å². The first-order chi connectivity index (χ1) is 18.9. The van der Waals surface area contributed by atoms with Gasteiger partial charge in [0.05, 0.1) is 13.2 Å². The third-order valence-electron chi connectivity index (χ3n) is 10.6. The maximum absolute atomic E-state index is 13.7. The topological polar surface area (TPSA) is 164 Å². The number of carbonyl (C=O) groups excluding carboxylic acids is 2. The zero-order valence-corrected chi connectivity index (χ0v) is 23.4. The Balaban J connectivity index is 1.24. The number of imide groups is 1. The van der Waals surface area contributed by atoms with Crippen LogP contribution in [0, 0.1) is 22.2 Å². The first kappa shape index (κ1) is 27.0. The number of urea groups is 1.